The molecule has 0 aliphatic carbocycles. The van der Waals surface area contributed by atoms with Crippen molar-refractivity contribution in [1.82, 2.24) is 9.78 Å². The topological polar surface area (TPSA) is 90.7 Å². The van der Waals surface area contributed by atoms with Crippen molar-refractivity contribution in [1.29, 1.82) is 0 Å². The molecule has 29 heavy (non-hydrogen) atoms. The Labute approximate surface area is 171 Å². The summed E-state index contributed by atoms with van der Waals surface area (Å²) in [5, 5.41) is 13.2. The normalized spacial score (nSPS) is 10.8. The Morgan fingerprint density at radius 2 is 1.72 bits per heavy atom. The first-order valence-electron chi connectivity index (χ1n) is 10.0. The zero-order valence-corrected chi connectivity index (χ0v) is 17.9. The molecule has 0 radical (unpaired) electrons. The molecule has 0 fully saturated rings. The highest BCUT2D eigenvalue weighted by Gasteiger charge is 2.25. The molecule has 0 spiro atoms. The van der Waals surface area contributed by atoms with Crippen molar-refractivity contribution in [2.24, 2.45) is 7.05 Å². The van der Waals surface area contributed by atoms with Crippen LogP contribution in [0.2, 0.25) is 0 Å². The summed E-state index contributed by atoms with van der Waals surface area (Å²) in [6.07, 6.45) is 3.20. The van der Waals surface area contributed by atoms with Crippen LogP contribution in [0.25, 0.3) is 11.1 Å². The summed E-state index contributed by atoms with van der Waals surface area (Å²) in [7, 11) is 1.53. The number of nitrogens with zero attached hydrogens (tertiary/aromatic N) is 2. The number of aromatic nitrogens is 2. The summed E-state index contributed by atoms with van der Waals surface area (Å²) >= 11 is 0. The summed E-state index contributed by atoms with van der Waals surface area (Å²) in [5.74, 6) is -0.887. The van der Waals surface area contributed by atoms with Crippen LogP contribution in [-0.4, -0.2) is 34.1 Å². The first-order valence-corrected chi connectivity index (χ1v) is 10.0. The standard InChI is InChI=1S/C22H30N2O5/c1-6-9-10-28-20-19(18-15(7-2)11-14(4)12-16(18)8-3)22(27)24(5)23-21(20)29-13-17(25)26/h11-12H,6-10,13H2,1-5H3,(H,25,26). The van der Waals surface area contributed by atoms with Gasteiger partial charge in [-0.2, -0.15) is 0 Å². The van der Waals surface area contributed by atoms with E-state index in [-0.39, 0.29) is 17.2 Å². The minimum absolute atomic E-state index is 0.0188. The van der Waals surface area contributed by atoms with E-state index in [0.717, 1.165) is 47.9 Å². The summed E-state index contributed by atoms with van der Waals surface area (Å²) in [4.78, 5) is 24.2. The molecule has 1 N–H and O–H groups in total. The first-order chi connectivity index (χ1) is 13.8. The largest absolute Gasteiger partial charge is 0.487 e. The molecule has 0 aliphatic rings. The monoisotopic (exact) mass is 402 g/mol. The maximum absolute atomic E-state index is 13.2. The van der Waals surface area contributed by atoms with E-state index in [9.17, 15) is 9.59 Å². The van der Waals surface area contributed by atoms with Gasteiger partial charge in [0.25, 0.3) is 11.4 Å². The third-order valence-corrected chi connectivity index (χ3v) is 4.70. The molecule has 0 bridgehead atoms. The van der Waals surface area contributed by atoms with Crippen molar-refractivity contribution in [2.75, 3.05) is 13.2 Å². The zero-order chi connectivity index (χ0) is 21.6. The fourth-order valence-electron chi connectivity index (χ4n) is 3.31. The van der Waals surface area contributed by atoms with Crippen LogP contribution in [0, 0.1) is 6.92 Å². The Kier molecular flexibility index (Phi) is 7.82. The van der Waals surface area contributed by atoms with Crippen LogP contribution >= 0.6 is 0 Å². The van der Waals surface area contributed by atoms with Gasteiger partial charge in [-0.25, -0.2) is 9.48 Å². The highest BCUT2D eigenvalue weighted by molar-refractivity contribution is 5.78. The van der Waals surface area contributed by atoms with E-state index in [2.05, 4.69) is 17.2 Å². The van der Waals surface area contributed by atoms with Crippen LogP contribution in [0.3, 0.4) is 0 Å². The molecule has 158 valence electrons. The number of benzene rings is 1. The lowest BCUT2D eigenvalue weighted by Gasteiger charge is -2.20. The van der Waals surface area contributed by atoms with Gasteiger partial charge in [0, 0.05) is 7.05 Å². The Morgan fingerprint density at radius 1 is 1.10 bits per heavy atom. The maximum atomic E-state index is 13.2. The Bertz CT molecular complexity index is 909. The maximum Gasteiger partial charge on any atom is 0.341 e. The lowest BCUT2D eigenvalue weighted by atomic mass is 9.90. The van der Waals surface area contributed by atoms with Gasteiger partial charge in [-0.3, -0.25) is 4.79 Å². The molecule has 1 heterocycles. The van der Waals surface area contributed by atoms with Gasteiger partial charge >= 0.3 is 5.97 Å². The number of ether oxygens (including phenoxy) is 2. The summed E-state index contributed by atoms with van der Waals surface area (Å²) < 4.78 is 12.5. The van der Waals surface area contributed by atoms with E-state index in [1.165, 1.54) is 11.7 Å². The van der Waals surface area contributed by atoms with E-state index >= 15 is 0 Å². The van der Waals surface area contributed by atoms with Gasteiger partial charge in [0.15, 0.2) is 12.4 Å². The molecule has 0 saturated carbocycles. The number of hydrogen-bond acceptors (Lipinski definition) is 5. The van der Waals surface area contributed by atoms with Crippen molar-refractivity contribution >= 4 is 5.97 Å². The second-order valence-corrected chi connectivity index (χ2v) is 6.99. The zero-order valence-electron chi connectivity index (χ0n) is 17.9. The Hall–Kier alpha value is -2.83. The van der Waals surface area contributed by atoms with Crippen LogP contribution in [0.15, 0.2) is 16.9 Å². The summed E-state index contributed by atoms with van der Waals surface area (Å²) in [6, 6.07) is 4.14. The van der Waals surface area contributed by atoms with Gasteiger partial charge in [0.1, 0.15) is 0 Å². The minimum Gasteiger partial charge on any atom is -0.487 e. The molecule has 2 aromatic rings. The molecule has 0 unspecified atom stereocenters. The van der Waals surface area contributed by atoms with Crippen molar-refractivity contribution in [3.8, 4) is 22.8 Å². The predicted molar refractivity (Wildman–Crippen MR) is 112 cm³/mol. The fraction of sp³-hybridized carbons (Fsp3) is 0.500. The van der Waals surface area contributed by atoms with Crippen LogP contribution in [0.5, 0.6) is 11.6 Å². The van der Waals surface area contributed by atoms with Crippen molar-refractivity contribution < 1.29 is 19.4 Å². The summed E-state index contributed by atoms with van der Waals surface area (Å²) in [5.41, 5.74) is 4.11. The van der Waals surface area contributed by atoms with E-state index in [0.29, 0.717) is 12.2 Å². The van der Waals surface area contributed by atoms with Gasteiger partial charge in [-0.1, -0.05) is 44.9 Å². The molecular weight excluding hydrogens is 372 g/mol. The molecule has 0 saturated heterocycles. The molecule has 7 nitrogen and oxygen atoms in total. The van der Waals surface area contributed by atoms with Crippen LogP contribution in [-0.2, 0) is 24.7 Å². The van der Waals surface area contributed by atoms with E-state index in [1.54, 1.807) is 0 Å². The molecule has 7 heteroatoms. The smallest absolute Gasteiger partial charge is 0.341 e. The Morgan fingerprint density at radius 3 is 2.24 bits per heavy atom. The number of carboxylic acid groups (broad SMARTS) is 1. The number of hydrogen-bond donors (Lipinski definition) is 1. The van der Waals surface area contributed by atoms with E-state index < -0.39 is 12.6 Å². The van der Waals surface area contributed by atoms with Gasteiger partial charge < -0.3 is 14.6 Å². The number of unbranched alkanes of at least 4 members (excludes halogenated alkanes) is 1. The molecule has 0 aliphatic heterocycles. The van der Waals surface area contributed by atoms with Crippen LogP contribution < -0.4 is 15.0 Å². The Balaban J connectivity index is 2.81. The average molecular weight is 402 g/mol. The number of aliphatic carboxylic acids is 1. The van der Waals surface area contributed by atoms with E-state index in [4.69, 9.17) is 14.6 Å². The van der Waals surface area contributed by atoms with Gasteiger partial charge in [-0.05, 0) is 42.9 Å². The number of carbonyl (C=O) groups is 1. The quantitative estimate of drug-likeness (QED) is 0.612. The second-order valence-electron chi connectivity index (χ2n) is 6.99. The molecule has 2 rings (SSSR count). The van der Waals surface area contributed by atoms with Crippen LogP contribution in [0.4, 0.5) is 0 Å². The second kappa shape index (κ2) is 10.1. The number of rotatable bonds is 10. The minimum atomic E-state index is -1.12. The summed E-state index contributed by atoms with van der Waals surface area (Å²) in [6.45, 7) is 7.98. The van der Waals surface area contributed by atoms with Gasteiger partial charge in [0.05, 0.1) is 12.2 Å². The molecule has 1 aromatic carbocycles. The third-order valence-electron chi connectivity index (χ3n) is 4.70. The van der Waals surface area contributed by atoms with Crippen molar-refractivity contribution in [3.63, 3.8) is 0 Å². The molecule has 0 amide bonds. The predicted octanol–water partition coefficient (Wildman–Crippen LogP) is 3.52. The molecular formula is C22H30N2O5. The number of aryl methyl sites for hydroxylation is 4. The fourth-order valence-corrected chi connectivity index (χ4v) is 3.31. The number of carboxylic acids is 1. The molecule has 1 aromatic heterocycles. The first kappa shape index (κ1) is 22.5. The van der Waals surface area contributed by atoms with Crippen LogP contribution in [0.1, 0.15) is 50.3 Å². The lowest BCUT2D eigenvalue weighted by molar-refractivity contribution is -0.139. The highest BCUT2D eigenvalue weighted by Crippen LogP contribution is 2.38. The lowest BCUT2D eigenvalue weighted by Crippen LogP contribution is -2.25. The molecule has 0 atom stereocenters. The van der Waals surface area contributed by atoms with Gasteiger partial charge in [0.2, 0.25) is 0 Å². The van der Waals surface area contributed by atoms with Crippen molar-refractivity contribution in [3.05, 3.63) is 39.2 Å². The highest BCUT2D eigenvalue weighted by atomic mass is 16.5. The average Bonchev–Trinajstić information content (AvgIpc) is 2.69. The van der Waals surface area contributed by atoms with Crippen molar-refractivity contribution in [2.45, 2.75) is 53.4 Å². The van der Waals surface area contributed by atoms with E-state index in [1.807, 2.05) is 27.7 Å². The third kappa shape index (κ3) is 5.16. The van der Waals surface area contributed by atoms with Gasteiger partial charge in [-0.15, -0.1) is 5.10 Å². The SMILES string of the molecule is CCCCOc1c(OCC(=O)O)nn(C)c(=O)c1-c1c(CC)cc(C)cc1CC.